The molecule has 1 aliphatic rings. The number of rotatable bonds is 9. The molecule has 180 valence electrons. The number of methoxy groups -OCH3 is 1. The maximum absolute atomic E-state index is 11.8. The van der Waals surface area contributed by atoms with Gasteiger partial charge in [-0.15, -0.1) is 0 Å². The first-order valence-electron chi connectivity index (χ1n) is 9.93. The van der Waals surface area contributed by atoms with E-state index in [2.05, 4.69) is 10.6 Å². The molecular weight excluding hydrogens is 406 g/mol. The van der Waals surface area contributed by atoms with Crippen LogP contribution in [-0.2, 0) is 19.1 Å². The second-order valence-corrected chi connectivity index (χ2v) is 6.29. The van der Waals surface area contributed by atoms with Crippen molar-refractivity contribution in [2.75, 3.05) is 34.4 Å². The summed E-state index contributed by atoms with van der Waals surface area (Å²) in [4.78, 5) is 22.1. The normalized spacial score (nSPS) is 22.5. The van der Waals surface area contributed by atoms with Gasteiger partial charge in [-0.05, 0) is 32.5 Å². The van der Waals surface area contributed by atoms with Crippen molar-refractivity contribution in [2.24, 2.45) is 5.73 Å². The summed E-state index contributed by atoms with van der Waals surface area (Å²) in [6.45, 7) is 3.82. The van der Waals surface area contributed by atoms with E-state index < -0.39 is 24.5 Å². The Labute approximate surface area is 184 Å². The molecule has 0 bridgehead atoms. The first-order chi connectivity index (χ1) is 14.9. The van der Waals surface area contributed by atoms with Gasteiger partial charge in [0.25, 0.3) is 0 Å². The SMILES string of the molecule is CO.COC1CC(O)CC(C=O)O1.C\C=C/C(=C\C(=C/C)NC(=O)C(CN)NC)CO. The second-order valence-electron chi connectivity index (χ2n) is 6.29. The molecule has 1 heterocycles. The molecule has 1 amide bonds. The predicted octanol–water partition coefficient (Wildman–Crippen LogP) is -0.646. The molecule has 0 aliphatic carbocycles. The molecule has 7 N–H and O–H groups in total. The van der Waals surface area contributed by atoms with E-state index in [4.69, 9.17) is 25.4 Å². The number of nitrogens with two attached hydrogens (primary N) is 1. The second kappa shape index (κ2) is 20.0. The first kappa shape index (κ1) is 31.3. The summed E-state index contributed by atoms with van der Waals surface area (Å²) >= 11 is 0. The average Bonchev–Trinajstić information content (AvgIpc) is 2.80. The summed E-state index contributed by atoms with van der Waals surface area (Å²) in [5.74, 6) is -0.192. The van der Waals surface area contributed by atoms with Crippen LogP contribution in [-0.4, -0.2) is 86.5 Å². The minimum absolute atomic E-state index is 0.0795. The van der Waals surface area contributed by atoms with E-state index in [0.29, 0.717) is 24.8 Å². The lowest BCUT2D eigenvalue weighted by atomic mass is 10.1. The fourth-order valence-electron chi connectivity index (χ4n) is 2.47. The summed E-state index contributed by atoms with van der Waals surface area (Å²) in [5.41, 5.74) is 6.82. The molecular formula is C21H39N3O7. The number of likely N-dealkylation sites (N-methyl/N-ethyl adjacent to an activating group) is 1. The topological polar surface area (TPSA) is 163 Å². The van der Waals surface area contributed by atoms with Crippen molar-refractivity contribution in [3.63, 3.8) is 0 Å². The highest BCUT2D eigenvalue weighted by atomic mass is 16.7. The van der Waals surface area contributed by atoms with E-state index in [0.717, 1.165) is 12.7 Å². The molecule has 0 radical (unpaired) electrons. The smallest absolute Gasteiger partial charge is 0.242 e. The molecule has 4 unspecified atom stereocenters. The molecule has 0 aromatic rings. The third-order valence-electron chi connectivity index (χ3n) is 4.09. The summed E-state index contributed by atoms with van der Waals surface area (Å²) in [5, 5.41) is 30.9. The molecule has 0 aromatic carbocycles. The quantitative estimate of drug-likeness (QED) is 0.200. The minimum Gasteiger partial charge on any atom is -0.400 e. The van der Waals surface area contributed by atoms with Gasteiger partial charge in [0.15, 0.2) is 6.29 Å². The number of aldehydes is 1. The highest BCUT2D eigenvalue weighted by Gasteiger charge is 2.27. The van der Waals surface area contributed by atoms with Gasteiger partial charge in [-0.3, -0.25) is 4.79 Å². The molecule has 4 atom stereocenters. The number of hydrogen-bond donors (Lipinski definition) is 6. The fourth-order valence-corrected chi connectivity index (χ4v) is 2.47. The Balaban J connectivity index is 0. The number of ether oxygens (including phenoxy) is 2. The van der Waals surface area contributed by atoms with Crippen molar-refractivity contribution >= 4 is 12.2 Å². The Morgan fingerprint density at radius 3 is 2.39 bits per heavy atom. The highest BCUT2D eigenvalue weighted by molar-refractivity contribution is 5.84. The van der Waals surface area contributed by atoms with Gasteiger partial charge in [-0.25, -0.2) is 0 Å². The largest absolute Gasteiger partial charge is 0.400 e. The van der Waals surface area contributed by atoms with E-state index in [1.165, 1.54) is 7.11 Å². The molecule has 10 nitrogen and oxygen atoms in total. The lowest BCUT2D eigenvalue weighted by Gasteiger charge is -2.29. The van der Waals surface area contributed by atoms with Gasteiger partial charge < -0.3 is 46.0 Å². The van der Waals surface area contributed by atoms with Gasteiger partial charge >= 0.3 is 0 Å². The minimum atomic E-state index is -0.510. The number of carbonyl (C=O) groups is 2. The number of amides is 1. The van der Waals surface area contributed by atoms with Crippen LogP contribution in [0.2, 0.25) is 0 Å². The molecule has 1 aliphatic heterocycles. The van der Waals surface area contributed by atoms with Crippen LogP contribution in [0.15, 0.2) is 35.6 Å². The lowest BCUT2D eigenvalue weighted by Crippen LogP contribution is -2.46. The van der Waals surface area contributed by atoms with Gasteiger partial charge in [0, 0.05) is 39.3 Å². The van der Waals surface area contributed by atoms with E-state index in [1.807, 2.05) is 19.9 Å². The van der Waals surface area contributed by atoms with Crippen molar-refractivity contribution in [3.8, 4) is 0 Å². The average molecular weight is 446 g/mol. The number of aliphatic hydroxyl groups excluding tert-OH is 3. The third kappa shape index (κ3) is 13.9. The van der Waals surface area contributed by atoms with Gasteiger partial charge in [0.2, 0.25) is 5.91 Å². The van der Waals surface area contributed by atoms with Gasteiger partial charge in [-0.2, -0.15) is 0 Å². The lowest BCUT2D eigenvalue weighted by molar-refractivity contribution is -0.199. The van der Waals surface area contributed by atoms with Gasteiger partial charge in [0.1, 0.15) is 12.4 Å². The van der Waals surface area contributed by atoms with Crippen LogP contribution in [0.1, 0.15) is 26.7 Å². The molecule has 10 heteroatoms. The maximum Gasteiger partial charge on any atom is 0.242 e. The van der Waals surface area contributed by atoms with Crippen LogP contribution >= 0.6 is 0 Å². The Morgan fingerprint density at radius 1 is 1.32 bits per heavy atom. The predicted molar refractivity (Wildman–Crippen MR) is 119 cm³/mol. The Hall–Kier alpha value is -1.92. The van der Waals surface area contributed by atoms with Crippen LogP contribution in [0.5, 0.6) is 0 Å². The van der Waals surface area contributed by atoms with Crippen LogP contribution in [0.3, 0.4) is 0 Å². The monoisotopic (exact) mass is 445 g/mol. The number of nitrogens with one attached hydrogen (secondary N) is 2. The maximum atomic E-state index is 11.8. The van der Waals surface area contributed by atoms with Crippen LogP contribution in [0, 0.1) is 0 Å². The van der Waals surface area contributed by atoms with E-state index in [1.54, 1.807) is 25.3 Å². The van der Waals surface area contributed by atoms with Gasteiger partial charge in [0.05, 0.1) is 18.8 Å². The Kier molecular flexibility index (Phi) is 20.2. The molecule has 1 saturated heterocycles. The van der Waals surface area contributed by atoms with Crippen molar-refractivity contribution < 1.29 is 34.4 Å². The molecule has 31 heavy (non-hydrogen) atoms. The van der Waals surface area contributed by atoms with Crippen molar-refractivity contribution in [3.05, 3.63) is 35.6 Å². The van der Waals surface area contributed by atoms with Gasteiger partial charge in [-0.1, -0.05) is 18.2 Å². The number of hydrogen-bond acceptors (Lipinski definition) is 9. The van der Waals surface area contributed by atoms with Crippen molar-refractivity contribution in [1.82, 2.24) is 10.6 Å². The highest BCUT2D eigenvalue weighted by Crippen LogP contribution is 2.18. The van der Waals surface area contributed by atoms with Crippen molar-refractivity contribution in [1.29, 1.82) is 0 Å². The fraction of sp³-hybridized carbons (Fsp3) is 0.619. The Morgan fingerprint density at radius 2 is 1.97 bits per heavy atom. The first-order valence-corrected chi connectivity index (χ1v) is 9.93. The third-order valence-corrected chi connectivity index (χ3v) is 4.09. The zero-order valence-electron chi connectivity index (χ0n) is 19.1. The number of allylic oxidation sites excluding steroid dienone is 3. The molecule has 0 aromatic heterocycles. The van der Waals surface area contributed by atoms with E-state index in [9.17, 15) is 14.7 Å². The zero-order chi connectivity index (χ0) is 24.2. The Bertz CT molecular complexity index is 575. The molecule has 0 saturated carbocycles. The molecule has 1 rings (SSSR count). The van der Waals surface area contributed by atoms with Crippen LogP contribution < -0.4 is 16.4 Å². The van der Waals surface area contributed by atoms with E-state index in [-0.39, 0.29) is 19.1 Å². The summed E-state index contributed by atoms with van der Waals surface area (Å²) in [6.07, 6.45) is 7.18. The standard InChI is InChI=1S/C13H23N3O2.C7H12O4.CH4O/c1-4-6-10(9-17)7-11(5-2)16-13(18)12(8-14)15-3;1-10-7-3-5(9)2-6(4-8)11-7;1-2/h4-7,12,15,17H,8-9,14H2,1-3H3,(H,16,18);4-7,9H,2-3H2,1H3;2H,1H3/b6-4-,10-7+,11-5+;;. The van der Waals surface area contributed by atoms with Crippen molar-refractivity contribution in [2.45, 2.75) is 51.2 Å². The zero-order valence-corrected chi connectivity index (χ0v) is 19.1. The molecule has 0 spiro atoms. The molecule has 1 fully saturated rings. The summed E-state index contributed by atoms with van der Waals surface area (Å²) in [6, 6.07) is -0.423. The van der Waals surface area contributed by atoms with Crippen LogP contribution in [0.4, 0.5) is 0 Å². The van der Waals surface area contributed by atoms with E-state index >= 15 is 0 Å². The summed E-state index contributed by atoms with van der Waals surface area (Å²) in [7, 11) is 4.17. The summed E-state index contributed by atoms with van der Waals surface area (Å²) < 4.78 is 9.96. The number of aliphatic hydroxyl groups is 3. The number of carbonyl (C=O) groups excluding carboxylic acids is 2. The van der Waals surface area contributed by atoms with Crippen LogP contribution in [0.25, 0.3) is 0 Å².